The van der Waals surface area contributed by atoms with Gasteiger partial charge in [0.05, 0.1) is 6.04 Å². The molecule has 0 saturated heterocycles. The summed E-state index contributed by atoms with van der Waals surface area (Å²) in [5.74, 6) is 0.125. The lowest BCUT2D eigenvalue weighted by atomic mass is 10.2. The van der Waals surface area contributed by atoms with E-state index in [0.29, 0.717) is 6.42 Å². The fraction of sp³-hybridized carbons (Fsp3) is 0.500. The number of nitrogens with one attached hydrogen (secondary N) is 1. The molecule has 0 spiro atoms. The van der Waals surface area contributed by atoms with Crippen molar-refractivity contribution in [1.29, 1.82) is 0 Å². The highest BCUT2D eigenvalue weighted by atomic mass is 32.1. The van der Waals surface area contributed by atoms with Gasteiger partial charge < -0.3 is 5.32 Å². The third-order valence-electron chi connectivity index (χ3n) is 1.95. The standard InChI is InChI=1S/C10H15NOS/c1-3-8(11-10(12)4-2)9-6-5-7-13-9/h5-8H,3-4H2,1-2H3,(H,11,12). The maximum Gasteiger partial charge on any atom is 0.220 e. The van der Waals surface area contributed by atoms with E-state index >= 15 is 0 Å². The number of amides is 1. The Morgan fingerprint density at radius 2 is 2.38 bits per heavy atom. The Morgan fingerprint density at radius 1 is 1.62 bits per heavy atom. The third-order valence-corrected chi connectivity index (χ3v) is 2.94. The normalized spacial score (nSPS) is 12.5. The summed E-state index contributed by atoms with van der Waals surface area (Å²) in [5.41, 5.74) is 0. The molecule has 13 heavy (non-hydrogen) atoms. The van der Waals surface area contributed by atoms with Crippen LogP contribution in [0.3, 0.4) is 0 Å². The van der Waals surface area contributed by atoms with Gasteiger partial charge in [0.2, 0.25) is 5.91 Å². The Morgan fingerprint density at radius 3 is 2.85 bits per heavy atom. The molecule has 1 amide bonds. The molecule has 3 heteroatoms. The summed E-state index contributed by atoms with van der Waals surface area (Å²) in [6, 6.07) is 4.28. The molecule has 0 saturated carbocycles. The van der Waals surface area contributed by atoms with Crippen LogP contribution in [0.5, 0.6) is 0 Å². The fourth-order valence-electron chi connectivity index (χ4n) is 1.16. The molecule has 1 unspecified atom stereocenters. The second-order valence-electron chi connectivity index (χ2n) is 2.90. The first-order valence-corrected chi connectivity index (χ1v) is 5.48. The van der Waals surface area contributed by atoms with Crippen molar-refractivity contribution in [3.8, 4) is 0 Å². The lowest BCUT2D eigenvalue weighted by Gasteiger charge is -2.14. The molecular formula is C10H15NOS. The van der Waals surface area contributed by atoms with Crippen LogP contribution in [0, 0.1) is 0 Å². The quantitative estimate of drug-likeness (QED) is 0.790. The zero-order valence-corrected chi connectivity index (χ0v) is 8.86. The Bertz CT molecular complexity index is 256. The molecule has 2 nitrogen and oxygen atoms in total. The van der Waals surface area contributed by atoms with Gasteiger partial charge in [0.25, 0.3) is 0 Å². The molecule has 0 fully saturated rings. The van der Waals surface area contributed by atoms with Gasteiger partial charge in [0, 0.05) is 11.3 Å². The van der Waals surface area contributed by atoms with E-state index in [1.54, 1.807) is 11.3 Å². The smallest absolute Gasteiger partial charge is 0.220 e. The second-order valence-corrected chi connectivity index (χ2v) is 3.88. The monoisotopic (exact) mass is 197 g/mol. The number of hydrogen-bond donors (Lipinski definition) is 1. The molecule has 0 aliphatic carbocycles. The second kappa shape index (κ2) is 5.02. The van der Waals surface area contributed by atoms with E-state index in [4.69, 9.17) is 0 Å². The molecule has 1 aromatic rings. The lowest BCUT2D eigenvalue weighted by Crippen LogP contribution is -2.26. The Labute approximate surface area is 83.0 Å². The first kappa shape index (κ1) is 10.3. The predicted molar refractivity (Wildman–Crippen MR) is 55.8 cm³/mol. The highest BCUT2D eigenvalue weighted by molar-refractivity contribution is 7.10. The van der Waals surface area contributed by atoms with Crippen LogP contribution in [-0.4, -0.2) is 5.91 Å². The van der Waals surface area contributed by atoms with Crippen molar-refractivity contribution < 1.29 is 4.79 Å². The van der Waals surface area contributed by atoms with Crippen molar-refractivity contribution in [2.24, 2.45) is 0 Å². The molecule has 1 aromatic heterocycles. The number of carbonyl (C=O) groups excluding carboxylic acids is 1. The number of carbonyl (C=O) groups is 1. The minimum Gasteiger partial charge on any atom is -0.349 e. The van der Waals surface area contributed by atoms with E-state index in [2.05, 4.69) is 18.3 Å². The van der Waals surface area contributed by atoms with E-state index in [1.807, 2.05) is 18.4 Å². The van der Waals surface area contributed by atoms with Crippen LogP contribution in [-0.2, 0) is 4.79 Å². The van der Waals surface area contributed by atoms with Crippen LogP contribution in [0.25, 0.3) is 0 Å². The van der Waals surface area contributed by atoms with E-state index < -0.39 is 0 Å². The number of rotatable bonds is 4. The minimum atomic E-state index is 0.125. The van der Waals surface area contributed by atoms with Gasteiger partial charge in [-0.1, -0.05) is 19.9 Å². The Balaban J connectivity index is 2.58. The zero-order valence-electron chi connectivity index (χ0n) is 8.04. The fourth-order valence-corrected chi connectivity index (χ4v) is 2.02. The SMILES string of the molecule is CCC(=O)NC(CC)c1cccs1. The first-order chi connectivity index (χ1) is 6.27. The van der Waals surface area contributed by atoms with E-state index in [9.17, 15) is 4.79 Å². The van der Waals surface area contributed by atoms with Crippen LogP contribution in [0.4, 0.5) is 0 Å². The van der Waals surface area contributed by atoms with Crippen LogP contribution in [0.1, 0.15) is 37.6 Å². The molecule has 1 rings (SSSR count). The molecule has 0 bridgehead atoms. The van der Waals surface area contributed by atoms with Crippen molar-refractivity contribution in [3.63, 3.8) is 0 Å². The molecule has 1 atom stereocenters. The molecule has 0 aromatic carbocycles. The van der Waals surface area contributed by atoms with Crippen molar-refractivity contribution >= 4 is 17.2 Å². The molecule has 1 heterocycles. The van der Waals surface area contributed by atoms with Gasteiger partial charge in [-0.25, -0.2) is 0 Å². The average Bonchev–Trinajstić information content (AvgIpc) is 2.66. The zero-order chi connectivity index (χ0) is 9.68. The molecular weight excluding hydrogens is 182 g/mol. The average molecular weight is 197 g/mol. The topological polar surface area (TPSA) is 29.1 Å². The van der Waals surface area contributed by atoms with Gasteiger partial charge >= 0.3 is 0 Å². The number of hydrogen-bond acceptors (Lipinski definition) is 2. The lowest BCUT2D eigenvalue weighted by molar-refractivity contribution is -0.121. The highest BCUT2D eigenvalue weighted by Gasteiger charge is 2.11. The summed E-state index contributed by atoms with van der Waals surface area (Å²) in [4.78, 5) is 12.4. The summed E-state index contributed by atoms with van der Waals surface area (Å²) < 4.78 is 0. The van der Waals surface area contributed by atoms with Crippen molar-refractivity contribution in [2.45, 2.75) is 32.7 Å². The molecule has 0 aliphatic heterocycles. The van der Waals surface area contributed by atoms with E-state index in [-0.39, 0.29) is 11.9 Å². The van der Waals surface area contributed by atoms with Crippen molar-refractivity contribution in [2.75, 3.05) is 0 Å². The van der Waals surface area contributed by atoms with Crippen LogP contribution in [0.2, 0.25) is 0 Å². The van der Waals surface area contributed by atoms with Crippen molar-refractivity contribution in [1.82, 2.24) is 5.32 Å². The molecule has 1 N–H and O–H groups in total. The first-order valence-electron chi connectivity index (χ1n) is 4.60. The van der Waals surface area contributed by atoms with Gasteiger partial charge in [-0.3, -0.25) is 4.79 Å². The summed E-state index contributed by atoms with van der Waals surface area (Å²) in [5, 5.41) is 5.03. The Hall–Kier alpha value is -0.830. The van der Waals surface area contributed by atoms with Gasteiger partial charge in [-0.15, -0.1) is 11.3 Å². The van der Waals surface area contributed by atoms with Crippen molar-refractivity contribution in [3.05, 3.63) is 22.4 Å². The largest absolute Gasteiger partial charge is 0.349 e. The van der Waals surface area contributed by atoms with Gasteiger partial charge in [-0.2, -0.15) is 0 Å². The maximum atomic E-state index is 11.2. The third kappa shape index (κ3) is 2.84. The van der Waals surface area contributed by atoms with Gasteiger partial charge in [-0.05, 0) is 17.9 Å². The van der Waals surface area contributed by atoms with E-state index in [0.717, 1.165) is 6.42 Å². The summed E-state index contributed by atoms with van der Waals surface area (Å²) in [6.45, 7) is 3.96. The van der Waals surface area contributed by atoms with Gasteiger partial charge in [0.1, 0.15) is 0 Å². The van der Waals surface area contributed by atoms with Crippen LogP contribution in [0.15, 0.2) is 17.5 Å². The van der Waals surface area contributed by atoms with Crippen LogP contribution >= 0.6 is 11.3 Å². The summed E-state index contributed by atoms with van der Waals surface area (Å²) >= 11 is 1.69. The highest BCUT2D eigenvalue weighted by Crippen LogP contribution is 2.21. The van der Waals surface area contributed by atoms with E-state index in [1.165, 1.54) is 4.88 Å². The van der Waals surface area contributed by atoms with Crippen LogP contribution < -0.4 is 5.32 Å². The number of thiophene rings is 1. The molecule has 72 valence electrons. The molecule has 0 radical (unpaired) electrons. The predicted octanol–water partition coefficient (Wildman–Crippen LogP) is 2.73. The summed E-state index contributed by atoms with van der Waals surface area (Å²) in [7, 11) is 0. The summed E-state index contributed by atoms with van der Waals surface area (Å²) in [6.07, 6.45) is 1.51. The molecule has 0 aliphatic rings. The van der Waals surface area contributed by atoms with Gasteiger partial charge in [0.15, 0.2) is 0 Å². The Kier molecular flexibility index (Phi) is 3.96. The maximum absolute atomic E-state index is 11.2. The minimum absolute atomic E-state index is 0.125.